The molecule has 0 bridgehead atoms. The van der Waals surface area contributed by atoms with Gasteiger partial charge in [0.15, 0.2) is 0 Å². The van der Waals surface area contributed by atoms with E-state index in [0.29, 0.717) is 22.8 Å². The van der Waals surface area contributed by atoms with E-state index >= 15 is 0 Å². The maximum atomic E-state index is 13.7. The number of fused-ring (bicyclic) bond motifs is 1. The zero-order chi connectivity index (χ0) is 19.9. The summed E-state index contributed by atoms with van der Waals surface area (Å²) in [6.07, 6.45) is -4.27. The number of rotatable bonds is 3. The fourth-order valence-electron chi connectivity index (χ4n) is 2.90. The maximum Gasteiger partial charge on any atom is 0.417 e. The number of para-hydroxylation sites is 1. The number of thiophene rings is 1. The van der Waals surface area contributed by atoms with Gasteiger partial charge < -0.3 is 11.1 Å². The van der Waals surface area contributed by atoms with Gasteiger partial charge in [0.2, 0.25) is 0 Å². The molecule has 0 aliphatic carbocycles. The van der Waals surface area contributed by atoms with E-state index in [4.69, 9.17) is 17.3 Å². The van der Waals surface area contributed by atoms with Gasteiger partial charge in [0.25, 0.3) is 5.91 Å². The van der Waals surface area contributed by atoms with Gasteiger partial charge in [-0.1, -0.05) is 30.7 Å². The summed E-state index contributed by atoms with van der Waals surface area (Å²) in [7, 11) is 0. The lowest BCUT2D eigenvalue weighted by atomic mass is 10.0. The van der Waals surface area contributed by atoms with Crippen molar-refractivity contribution < 1.29 is 18.0 Å². The van der Waals surface area contributed by atoms with E-state index in [9.17, 15) is 18.0 Å². The van der Waals surface area contributed by atoms with E-state index in [1.807, 2.05) is 0 Å². The zero-order valence-corrected chi connectivity index (χ0v) is 15.9. The van der Waals surface area contributed by atoms with Crippen LogP contribution in [0.15, 0.2) is 24.3 Å². The lowest BCUT2D eigenvalue weighted by molar-refractivity contribution is -0.136. The van der Waals surface area contributed by atoms with Crippen LogP contribution in [0.3, 0.4) is 0 Å². The molecule has 2 aromatic heterocycles. The van der Waals surface area contributed by atoms with E-state index in [2.05, 4.69) is 10.3 Å². The monoisotopic (exact) mass is 413 g/mol. The second-order valence-corrected chi connectivity index (χ2v) is 7.28. The van der Waals surface area contributed by atoms with Crippen molar-refractivity contribution in [3.63, 3.8) is 0 Å². The zero-order valence-electron chi connectivity index (χ0n) is 14.4. The SMILES string of the molecule is CCc1nc2sc(C(=O)Nc3ccccc3Cl)c(N)c2c(C(F)(F)F)c1C. The predicted molar refractivity (Wildman–Crippen MR) is 103 cm³/mol. The Kier molecular flexibility index (Phi) is 5.05. The van der Waals surface area contributed by atoms with Crippen molar-refractivity contribution in [2.75, 3.05) is 11.1 Å². The van der Waals surface area contributed by atoms with Crippen molar-refractivity contribution in [1.82, 2.24) is 4.98 Å². The molecule has 3 rings (SSSR count). The number of carbonyl (C=O) groups excluding carboxylic acids is 1. The highest BCUT2D eigenvalue weighted by Crippen LogP contribution is 2.44. The molecular weight excluding hydrogens is 399 g/mol. The van der Waals surface area contributed by atoms with Crippen LogP contribution in [0.1, 0.15) is 33.4 Å². The molecule has 1 amide bonds. The van der Waals surface area contributed by atoms with Crippen molar-refractivity contribution >= 4 is 50.4 Å². The van der Waals surface area contributed by atoms with E-state index in [0.717, 1.165) is 11.3 Å². The summed E-state index contributed by atoms with van der Waals surface area (Å²) in [5.41, 5.74) is 5.60. The lowest BCUT2D eigenvalue weighted by Gasteiger charge is -2.14. The quantitative estimate of drug-likeness (QED) is 0.581. The number of carbonyl (C=O) groups is 1. The molecule has 0 saturated heterocycles. The van der Waals surface area contributed by atoms with Gasteiger partial charge in [-0.3, -0.25) is 4.79 Å². The first-order valence-corrected chi connectivity index (χ1v) is 9.19. The fraction of sp³-hybridized carbons (Fsp3) is 0.222. The summed E-state index contributed by atoms with van der Waals surface area (Å²) < 4.78 is 41.1. The third-order valence-corrected chi connectivity index (χ3v) is 5.60. The van der Waals surface area contributed by atoms with Gasteiger partial charge >= 0.3 is 6.18 Å². The van der Waals surface area contributed by atoms with Crippen LogP contribution in [-0.4, -0.2) is 10.9 Å². The molecule has 2 heterocycles. The molecule has 0 atom stereocenters. The summed E-state index contributed by atoms with van der Waals surface area (Å²) in [6, 6.07) is 6.55. The molecule has 3 aromatic rings. The number of anilines is 2. The number of amides is 1. The van der Waals surface area contributed by atoms with Gasteiger partial charge in [0.05, 0.1) is 22.0 Å². The number of nitrogen functional groups attached to an aromatic ring is 1. The number of benzene rings is 1. The molecule has 0 saturated carbocycles. The van der Waals surface area contributed by atoms with Gasteiger partial charge in [0.1, 0.15) is 9.71 Å². The van der Waals surface area contributed by atoms with Crippen LogP contribution in [-0.2, 0) is 12.6 Å². The molecule has 3 N–H and O–H groups in total. The highest BCUT2D eigenvalue weighted by atomic mass is 35.5. The first-order chi connectivity index (χ1) is 12.6. The number of nitrogens with two attached hydrogens (primary N) is 1. The molecule has 0 spiro atoms. The smallest absolute Gasteiger partial charge is 0.397 e. The molecule has 9 heteroatoms. The van der Waals surface area contributed by atoms with Crippen molar-refractivity contribution in [1.29, 1.82) is 0 Å². The largest absolute Gasteiger partial charge is 0.417 e. The molecule has 0 aliphatic heterocycles. The van der Waals surface area contributed by atoms with E-state index in [1.165, 1.54) is 6.92 Å². The Morgan fingerprint density at radius 2 is 2.00 bits per heavy atom. The van der Waals surface area contributed by atoms with E-state index < -0.39 is 17.6 Å². The minimum absolute atomic E-state index is 0.0278. The molecule has 142 valence electrons. The molecule has 0 unspecified atom stereocenters. The second-order valence-electron chi connectivity index (χ2n) is 5.87. The summed E-state index contributed by atoms with van der Waals surface area (Å²) in [6.45, 7) is 3.10. The molecular formula is C18H15ClF3N3OS. The number of halogens is 4. The molecule has 0 fully saturated rings. The number of aryl methyl sites for hydroxylation is 1. The number of pyridine rings is 1. The summed E-state index contributed by atoms with van der Waals surface area (Å²) in [5.74, 6) is -0.632. The van der Waals surface area contributed by atoms with Crippen LogP contribution >= 0.6 is 22.9 Å². The normalized spacial score (nSPS) is 11.8. The average molecular weight is 414 g/mol. The van der Waals surface area contributed by atoms with Crippen LogP contribution in [0.5, 0.6) is 0 Å². The minimum atomic E-state index is -4.61. The van der Waals surface area contributed by atoms with Crippen LogP contribution in [0, 0.1) is 6.92 Å². The van der Waals surface area contributed by atoms with Crippen molar-refractivity contribution in [2.24, 2.45) is 0 Å². The van der Waals surface area contributed by atoms with Crippen molar-refractivity contribution in [2.45, 2.75) is 26.4 Å². The molecule has 0 aliphatic rings. The summed E-state index contributed by atoms with van der Waals surface area (Å²) in [4.78, 5) is 17.0. The third-order valence-electron chi connectivity index (χ3n) is 4.17. The second kappa shape index (κ2) is 7.01. The lowest BCUT2D eigenvalue weighted by Crippen LogP contribution is -2.14. The Labute approximate surface area is 162 Å². The highest BCUT2D eigenvalue weighted by Gasteiger charge is 2.38. The topological polar surface area (TPSA) is 68.0 Å². The molecule has 0 radical (unpaired) electrons. The summed E-state index contributed by atoms with van der Waals surface area (Å²) >= 11 is 6.85. The Balaban J connectivity index is 2.17. The number of hydrogen-bond donors (Lipinski definition) is 2. The number of nitrogens with one attached hydrogen (secondary N) is 1. The molecule has 4 nitrogen and oxygen atoms in total. The minimum Gasteiger partial charge on any atom is -0.397 e. The van der Waals surface area contributed by atoms with Gasteiger partial charge in [0, 0.05) is 11.1 Å². The standard InChI is InChI=1S/C18H15ClF3N3OS/c1-3-10-8(2)13(18(20,21)22)12-14(23)15(27-17(12)25-10)16(26)24-11-7-5-4-6-9(11)19/h4-7H,3,23H2,1-2H3,(H,24,26). The Bertz CT molecular complexity index is 1050. The van der Waals surface area contributed by atoms with Crippen LogP contribution in [0.2, 0.25) is 5.02 Å². The highest BCUT2D eigenvalue weighted by molar-refractivity contribution is 7.21. The molecule has 1 aromatic carbocycles. The Hall–Kier alpha value is -2.32. The van der Waals surface area contributed by atoms with Gasteiger partial charge in [-0.15, -0.1) is 11.3 Å². The average Bonchev–Trinajstić information content (AvgIpc) is 2.91. The number of aromatic nitrogens is 1. The third kappa shape index (κ3) is 3.46. The van der Waals surface area contributed by atoms with Gasteiger partial charge in [-0.25, -0.2) is 4.98 Å². The number of hydrogen-bond acceptors (Lipinski definition) is 4. The molecule has 27 heavy (non-hydrogen) atoms. The maximum absolute atomic E-state index is 13.7. The van der Waals surface area contributed by atoms with E-state index in [1.54, 1.807) is 31.2 Å². The first-order valence-electron chi connectivity index (χ1n) is 7.99. The van der Waals surface area contributed by atoms with Crippen molar-refractivity contribution in [3.05, 3.63) is 51.0 Å². The van der Waals surface area contributed by atoms with Crippen LogP contribution < -0.4 is 11.1 Å². The fourth-order valence-corrected chi connectivity index (χ4v) is 4.10. The van der Waals surface area contributed by atoms with Crippen LogP contribution in [0.25, 0.3) is 10.2 Å². The van der Waals surface area contributed by atoms with Crippen LogP contribution in [0.4, 0.5) is 24.5 Å². The Morgan fingerprint density at radius 1 is 1.33 bits per heavy atom. The Morgan fingerprint density at radius 3 is 2.59 bits per heavy atom. The first kappa shape index (κ1) is 19.4. The predicted octanol–water partition coefficient (Wildman–Crippen LogP) is 5.67. The van der Waals surface area contributed by atoms with Gasteiger partial charge in [-0.05, 0) is 31.0 Å². The number of nitrogens with zero attached hydrogens (tertiary/aromatic N) is 1. The van der Waals surface area contributed by atoms with Crippen molar-refractivity contribution in [3.8, 4) is 0 Å². The van der Waals surface area contributed by atoms with E-state index in [-0.39, 0.29) is 26.3 Å². The van der Waals surface area contributed by atoms with Gasteiger partial charge in [-0.2, -0.15) is 13.2 Å². The summed E-state index contributed by atoms with van der Waals surface area (Å²) in [5, 5.41) is 2.66. The number of alkyl halides is 3.